The maximum Gasteiger partial charge on any atom is 0.410 e. The lowest BCUT2D eigenvalue weighted by Gasteiger charge is -2.39. The zero-order chi connectivity index (χ0) is 21.4. The normalized spacial score (nSPS) is 19.4. The zero-order valence-corrected chi connectivity index (χ0v) is 18.0. The van der Waals surface area contributed by atoms with Gasteiger partial charge in [-0.15, -0.1) is 0 Å². The van der Waals surface area contributed by atoms with Crippen molar-refractivity contribution in [3.8, 4) is 5.75 Å². The van der Waals surface area contributed by atoms with Gasteiger partial charge in [0.15, 0.2) is 0 Å². The molecule has 162 valence electrons. The average molecular weight is 414 g/mol. The Balaban J connectivity index is 1.57. The van der Waals surface area contributed by atoms with Crippen LogP contribution in [0.5, 0.6) is 5.75 Å². The highest BCUT2D eigenvalue weighted by atomic mass is 16.6. The van der Waals surface area contributed by atoms with Gasteiger partial charge in [-0.05, 0) is 38.5 Å². The fourth-order valence-electron chi connectivity index (χ4n) is 3.13. The smallest absolute Gasteiger partial charge is 0.410 e. The molecule has 6 heteroatoms. The molecule has 2 atom stereocenters. The number of nitrogens with zero attached hydrogens (tertiary/aromatic N) is 1. The van der Waals surface area contributed by atoms with E-state index < -0.39 is 5.60 Å². The van der Waals surface area contributed by atoms with Crippen LogP contribution < -0.4 is 4.74 Å². The van der Waals surface area contributed by atoms with Gasteiger partial charge in [-0.1, -0.05) is 48.5 Å². The van der Waals surface area contributed by atoms with Gasteiger partial charge in [-0.3, -0.25) is 4.90 Å². The SMILES string of the molecule is CC(C)(C)OC(=O)N1CC(COc2ccccc2)OC[C@@H]1COCc1ccccc1. The van der Waals surface area contributed by atoms with Crippen LogP contribution in [0.2, 0.25) is 0 Å². The molecule has 1 unspecified atom stereocenters. The summed E-state index contributed by atoms with van der Waals surface area (Å²) >= 11 is 0. The predicted octanol–water partition coefficient (Wildman–Crippen LogP) is 4.29. The second kappa shape index (κ2) is 10.5. The Hall–Kier alpha value is -2.57. The molecule has 0 N–H and O–H groups in total. The molecule has 2 aromatic carbocycles. The second-order valence-electron chi connectivity index (χ2n) is 8.37. The minimum Gasteiger partial charge on any atom is -0.491 e. The van der Waals surface area contributed by atoms with Crippen LogP contribution in [0, 0.1) is 0 Å². The molecule has 1 aliphatic rings. The Labute approximate surface area is 178 Å². The van der Waals surface area contributed by atoms with Gasteiger partial charge in [-0.2, -0.15) is 0 Å². The number of ether oxygens (including phenoxy) is 4. The lowest BCUT2D eigenvalue weighted by Crippen LogP contribution is -2.56. The summed E-state index contributed by atoms with van der Waals surface area (Å²) in [6, 6.07) is 19.3. The van der Waals surface area contributed by atoms with Crippen LogP contribution in [0.15, 0.2) is 60.7 Å². The number of benzene rings is 2. The van der Waals surface area contributed by atoms with Crippen molar-refractivity contribution in [2.45, 2.75) is 45.1 Å². The van der Waals surface area contributed by atoms with Crippen molar-refractivity contribution in [2.75, 3.05) is 26.4 Å². The molecule has 1 heterocycles. The topological polar surface area (TPSA) is 57.2 Å². The summed E-state index contributed by atoms with van der Waals surface area (Å²) in [7, 11) is 0. The standard InChI is InChI=1S/C24H31NO5/c1-24(2,3)30-23(26)25-14-22(18-29-21-12-8-5-9-13-21)28-17-20(25)16-27-15-19-10-6-4-7-11-19/h4-13,20,22H,14-18H2,1-3H3/t20-,22?/m0/s1. The van der Waals surface area contributed by atoms with Crippen LogP contribution in [0.25, 0.3) is 0 Å². The molecule has 1 aliphatic heterocycles. The van der Waals surface area contributed by atoms with E-state index in [4.69, 9.17) is 18.9 Å². The van der Waals surface area contributed by atoms with E-state index in [1.165, 1.54) is 0 Å². The van der Waals surface area contributed by atoms with Crippen molar-refractivity contribution in [2.24, 2.45) is 0 Å². The summed E-state index contributed by atoms with van der Waals surface area (Å²) in [6.07, 6.45) is -0.591. The van der Waals surface area contributed by atoms with Gasteiger partial charge in [-0.25, -0.2) is 4.79 Å². The molecular weight excluding hydrogens is 382 g/mol. The summed E-state index contributed by atoms with van der Waals surface area (Å²) < 4.78 is 23.3. The third-order valence-corrected chi connectivity index (χ3v) is 4.59. The Morgan fingerprint density at radius 3 is 2.37 bits per heavy atom. The van der Waals surface area contributed by atoms with Crippen molar-refractivity contribution < 1.29 is 23.7 Å². The van der Waals surface area contributed by atoms with Gasteiger partial charge in [0, 0.05) is 0 Å². The first-order valence-corrected chi connectivity index (χ1v) is 10.3. The van der Waals surface area contributed by atoms with Crippen LogP contribution in [0.3, 0.4) is 0 Å². The predicted molar refractivity (Wildman–Crippen MR) is 115 cm³/mol. The minimum absolute atomic E-state index is 0.212. The van der Waals surface area contributed by atoms with Crippen molar-refractivity contribution in [3.63, 3.8) is 0 Å². The Morgan fingerprint density at radius 1 is 1.03 bits per heavy atom. The number of para-hydroxylation sites is 1. The van der Waals surface area contributed by atoms with Gasteiger partial charge >= 0.3 is 6.09 Å². The largest absolute Gasteiger partial charge is 0.491 e. The quantitative estimate of drug-likeness (QED) is 0.678. The molecule has 0 radical (unpaired) electrons. The van der Waals surface area contributed by atoms with Gasteiger partial charge in [0.1, 0.15) is 24.1 Å². The van der Waals surface area contributed by atoms with Crippen LogP contribution in [-0.2, 0) is 20.8 Å². The van der Waals surface area contributed by atoms with Crippen LogP contribution in [-0.4, -0.2) is 55.1 Å². The first-order valence-electron chi connectivity index (χ1n) is 10.3. The zero-order valence-electron chi connectivity index (χ0n) is 18.0. The molecule has 2 aromatic rings. The van der Waals surface area contributed by atoms with E-state index >= 15 is 0 Å². The van der Waals surface area contributed by atoms with Gasteiger partial charge < -0.3 is 18.9 Å². The number of carbonyl (C=O) groups is 1. The first kappa shape index (κ1) is 22.1. The Morgan fingerprint density at radius 2 is 1.70 bits per heavy atom. The highest BCUT2D eigenvalue weighted by Gasteiger charge is 2.35. The fourth-order valence-corrected chi connectivity index (χ4v) is 3.13. The number of morpholine rings is 1. The highest BCUT2D eigenvalue weighted by Crippen LogP contribution is 2.19. The van der Waals surface area contributed by atoms with E-state index in [9.17, 15) is 4.79 Å². The number of amides is 1. The monoisotopic (exact) mass is 413 g/mol. The number of hydrogen-bond donors (Lipinski definition) is 0. The van der Waals surface area contributed by atoms with E-state index in [0.717, 1.165) is 11.3 Å². The third-order valence-electron chi connectivity index (χ3n) is 4.59. The van der Waals surface area contributed by atoms with Gasteiger partial charge in [0.2, 0.25) is 0 Å². The van der Waals surface area contributed by atoms with Crippen molar-refractivity contribution >= 4 is 6.09 Å². The average Bonchev–Trinajstić information content (AvgIpc) is 2.73. The molecule has 6 nitrogen and oxygen atoms in total. The van der Waals surface area contributed by atoms with E-state index in [-0.39, 0.29) is 18.2 Å². The van der Waals surface area contributed by atoms with E-state index in [1.54, 1.807) is 4.90 Å². The number of rotatable bonds is 7. The van der Waals surface area contributed by atoms with Crippen LogP contribution in [0.1, 0.15) is 26.3 Å². The Bertz CT molecular complexity index is 775. The molecule has 0 aromatic heterocycles. The molecule has 0 saturated carbocycles. The third kappa shape index (κ3) is 7.04. The lowest BCUT2D eigenvalue weighted by molar-refractivity contribution is -0.0986. The summed E-state index contributed by atoms with van der Waals surface area (Å²) in [5.41, 5.74) is 0.521. The Kier molecular flexibility index (Phi) is 7.71. The molecule has 0 aliphatic carbocycles. The molecular formula is C24H31NO5. The molecule has 0 bridgehead atoms. The van der Waals surface area contributed by atoms with Crippen molar-refractivity contribution in [1.29, 1.82) is 0 Å². The highest BCUT2D eigenvalue weighted by molar-refractivity contribution is 5.68. The van der Waals surface area contributed by atoms with Gasteiger partial charge in [0.05, 0.1) is 32.4 Å². The number of hydrogen-bond acceptors (Lipinski definition) is 5. The lowest BCUT2D eigenvalue weighted by atomic mass is 10.2. The van der Waals surface area contributed by atoms with Crippen molar-refractivity contribution in [3.05, 3.63) is 66.2 Å². The molecule has 1 fully saturated rings. The van der Waals surface area contributed by atoms with E-state index in [2.05, 4.69) is 0 Å². The summed E-state index contributed by atoms with van der Waals surface area (Å²) in [6.45, 7) is 7.58. The fraction of sp³-hybridized carbons (Fsp3) is 0.458. The summed E-state index contributed by atoms with van der Waals surface area (Å²) in [5.74, 6) is 0.776. The molecule has 1 amide bonds. The minimum atomic E-state index is -0.569. The molecule has 3 rings (SSSR count). The molecule has 1 saturated heterocycles. The van der Waals surface area contributed by atoms with Crippen LogP contribution >= 0.6 is 0 Å². The summed E-state index contributed by atoms with van der Waals surface area (Å²) in [5, 5.41) is 0. The maximum absolute atomic E-state index is 12.8. The van der Waals surface area contributed by atoms with E-state index in [0.29, 0.717) is 33.0 Å². The molecule has 30 heavy (non-hydrogen) atoms. The van der Waals surface area contributed by atoms with Gasteiger partial charge in [0.25, 0.3) is 0 Å². The number of carbonyl (C=O) groups excluding carboxylic acids is 1. The second-order valence-corrected chi connectivity index (χ2v) is 8.37. The first-order chi connectivity index (χ1) is 14.4. The van der Waals surface area contributed by atoms with E-state index in [1.807, 2.05) is 81.4 Å². The maximum atomic E-state index is 12.8. The van der Waals surface area contributed by atoms with Crippen LogP contribution in [0.4, 0.5) is 4.79 Å². The summed E-state index contributed by atoms with van der Waals surface area (Å²) in [4.78, 5) is 14.5. The molecule has 0 spiro atoms. The van der Waals surface area contributed by atoms with Crippen molar-refractivity contribution in [1.82, 2.24) is 4.90 Å².